The van der Waals surface area contributed by atoms with Crippen molar-refractivity contribution < 1.29 is 9.53 Å². The molecule has 0 radical (unpaired) electrons. The number of carbonyl (C=O) groups excluding carboxylic acids is 1. The Labute approximate surface area is 96.6 Å². The minimum Gasteiger partial charge on any atom is -0.493 e. The van der Waals surface area contributed by atoms with Crippen LogP contribution in [-0.2, 0) is 17.6 Å². The monoisotopic (exact) mass is 218 g/mol. The molecule has 0 unspecified atom stereocenters. The molecule has 1 aromatic carbocycles. The first-order chi connectivity index (χ1) is 7.47. The third-order valence-electron chi connectivity index (χ3n) is 2.96. The van der Waals surface area contributed by atoms with Gasteiger partial charge in [-0.05, 0) is 17.2 Å². The number of hydrogen-bond donors (Lipinski definition) is 0. The first-order valence-electron chi connectivity index (χ1n) is 5.75. The van der Waals surface area contributed by atoms with E-state index >= 15 is 0 Å². The zero-order valence-electron chi connectivity index (χ0n) is 10.2. The lowest BCUT2D eigenvalue weighted by Crippen LogP contribution is -2.22. The average Bonchev–Trinajstić information content (AvgIpc) is 2.63. The van der Waals surface area contributed by atoms with Crippen LogP contribution in [0.15, 0.2) is 18.2 Å². The van der Waals surface area contributed by atoms with Crippen LogP contribution < -0.4 is 4.74 Å². The Balaban J connectivity index is 2.14. The maximum absolute atomic E-state index is 11.9. The molecule has 0 amide bonds. The van der Waals surface area contributed by atoms with Crippen molar-refractivity contribution in [3.63, 3.8) is 0 Å². The number of ketones is 1. The normalized spacial score (nSPS) is 14.4. The summed E-state index contributed by atoms with van der Waals surface area (Å²) >= 11 is 0. The van der Waals surface area contributed by atoms with Gasteiger partial charge >= 0.3 is 0 Å². The highest BCUT2D eigenvalue weighted by Crippen LogP contribution is 2.27. The van der Waals surface area contributed by atoms with Crippen LogP contribution in [0.1, 0.15) is 31.9 Å². The summed E-state index contributed by atoms with van der Waals surface area (Å²) in [6.07, 6.45) is 1.49. The molecule has 0 bridgehead atoms. The summed E-state index contributed by atoms with van der Waals surface area (Å²) in [5.41, 5.74) is 2.08. The maximum Gasteiger partial charge on any atom is 0.142 e. The van der Waals surface area contributed by atoms with Gasteiger partial charge in [-0.25, -0.2) is 0 Å². The van der Waals surface area contributed by atoms with Crippen molar-refractivity contribution in [1.29, 1.82) is 0 Å². The molecule has 0 aromatic heterocycles. The zero-order valence-corrected chi connectivity index (χ0v) is 10.2. The van der Waals surface area contributed by atoms with E-state index in [0.717, 1.165) is 24.3 Å². The van der Waals surface area contributed by atoms with Gasteiger partial charge in [0.1, 0.15) is 11.5 Å². The Morgan fingerprint density at radius 2 is 2.12 bits per heavy atom. The van der Waals surface area contributed by atoms with Crippen molar-refractivity contribution >= 4 is 5.78 Å². The predicted octanol–water partition coefficient (Wildman–Crippen LogP) is 2.78. The third-order valence-corrected chi connectivity index (χ3v) is 2.96. The number of benzene rings is 1. The number of carbonyl (C=O) groups is 1. The molecule has 1 heterocycles. The van der Waals surface area contributed by atoms with Gasteiger partial charge in [0.05, 0.1) is 6.61 Å². The van der Waals surface area contributed by atoms with Crippen LogP contribution in [0.2, 0.25) is 0 Å². The molecule has 2 nitrogen and oxygen atoms in total. The first-order valence-corrected chi connectivity index (χ1v) is 5.75. The highest BCUT2D eigenvalue weighted by molar-refractivity contribution is 5.85. The second-order valence-electron chi connectivity index (χ2n) is 5.39. The van der Waals surface area contributed by atoms with Crippen LogP contribution >= 0.6 is 0 Å². The van der Waals surface area contributed by atoms with E-state index in [1.54, 1.807) is 0 Å². The van der Waals surface area contributed by atoms with E-state index < -0.39 is 0 Å². The molecule has 1 aromatic rings. The molecule has 0 fully saturated rings. The summed E-state index contributed by atoms with van der Waals surface area (Å²) in [5.74, 6) is 1.26. The van der Waals surface area contributed by atoms with Crippen LogP contribution in [0.3, 0.4) is 0 Å². The molecule has 2 rings (SSSR count). The fourth-order valence-corrected chi connectivity index (χ4v) is 1.80. The molecule has 16 heavy (non-hydrogen) atoms. The van der Waals surface area contributed by atoms with Gasteiger partial charge in [-0.1, -0.05) is 32.9 Å². The minimum absolute atomic E-state index is 0.254. The largest absolute Gasteiger partial charge is 0.493 e. The van der Waals surface area contributed by atoms with Crippen LogP contribution in [0.25, 0.3) is 0 Å². The second-order valence-corrected chi connectivity index (χ2v) is 5.39. The Bertz CT molecular complexity index is 413. The SMILES string of the molecule is CC(C)(C)C(=O)Cc1ccc2c(c1)CCO2. The van der Waals surface area contributed by atoms with Crippen LogP contribution in [-0.4, -0.2) is 12.4 Å². The fraction of sp³-hybridized carbons (Fsp3) is 0.500. The molecule has 0 saturated carbocycles. The van der Waals surface area contributed by atoms with Gasteiger partial charge in [0.25, 0.3) is 0 Å². The van der Waals surface area contributed by atoms with Gasteiger partial charge in [-0.2, -0.15) is 0 Å². The van der Waals surface area contributed by atoms with Crippen molar-refractivity contribution in [3.8, 4) is 5.75 Å². The molecule has 86 valence electrons. The fourth-order valence-electron chi connectivity index (χ4n) is 1.80. The van der Waals surface area contributed by atoms with Crippen LogP contribution in [0.4, 0.5) is 0 Å². The Morgan fingerprint density at radius 3 is 2.81 bits per heavy atom. The zero-order chi connectivity index (χ0) is 11.8. The standard InChI is InChI=1S/C14H18O2/c1-14(2,3)13(15)9-10-4-5-12-11(8-10)6-7-16-12/h4-5,8H,6-7,9H2,1-3H3. The Morgan fingerprint density at radius 1 is 1.38 bits per heavy atom. The number of fused-ring (bicyclic) bond motifs is 1. The van der Waals surface area contributed by atoms with Crippen molar-refractivity contribution in [3.05, 3.63) is 29.3 Å². The number of hydrogen-bond acceptors (Lipinski definition) is 2. The smallest absolute Gasteiger partial charge is 0.142 e. The lowest BCUT2D eigenvalue weighted by molar-refractivity contribution is -0.125. The molecule has 0 N–H and O–H groups in total. The highest BCUT2D eigenvalue weighted by Gasteiger charge is 2.22. The van der Waals surface area contributed by atoms with Crippen LogP contribution in [0.5, 0.6) is 5.75 Å². The number of Topliss-reactive ketones (excluding diaryl/α,β-unsaturated/α-hetero) is 1. The molecule has 2 heteroatoms. The van der Waals surface area contributed by atoms with Gasteiger partial charge in [-0.3, -0.25) is 4.79 Å². The van der Waals surface area contributed by atoms with Gasteiger partial charge in [0.2, 0.25) is 0 Å². The Hall–Kier alpha value is -1.31. The molecule has 0 saturated heterocycles. The third kappa shape index (κ3) is 2.26. The van der Waals surface area contributed by atoms with Crippen molar-refractivity contribution in [2.75, 3.05) is 6.61 Å². The molecule has 0 aliphatic carbocycles. The van der Waals surface area contributed by atoms with Gasteiger partial charge < -0.3 is 4.74 Å². The van der Waals surface area contributed by atoms with Crippen molar-refractivity contribution in [2.24, 2.45) is 5.41 Å². The van der Waals surface area contributed by atoms with Gasteiger partial charge in [0.15, 0.2) is 0 Å². The number of ether oxygens (including phenoxy) is 1. The first kappa shape index (κ1) is 11.2. The summed E-state index contributed by atoms with van der Waals surface area (Å²) in [4.78, 5) is 11.9. The minimum atomic E-state index is -0.254. The molecular formula is C14H18O2. The van der Waals surface area contributed by atoms with E-state index in [-0.39, 0.29) is 11.2 Å². The topological polar surface area (TPSA) is 26.3 Å². The average molecular weight is 218 g/mol. The Kier molecular flexibility index (Phi) is 2.75. The highest BCUT2D eigenvalue weighted by atomic mass is 16.5. The van der Waals surface area contributed by atoms with Gasteiger partial charge in [-0.15, -0.1) is 0 Å². The summed E-state index contributed by atoms with van der Waals surface area (Å²) in [6, 6.07) is 6.08. The van der Waals surface area contributed by atoms with Crippen molar-refractivity contribution in [2.45, 2.75) is 33.6 Å². The summed E-state index contributed by atoms with van der Waals surface area (Å²) in [6.45, 7) is 6.66. The second kappa shape index (κ2) is 3.93. The van der Waals surface area contributed by atoms with E-state index in [1.807, 2.05) is 32.9 Å². The summed E-state index contributed by atoms with van der Waals surface area (Å²) in [7, 11) is 0. The van der Waals surface area contributed by atoms with E-state index in [4.69, 9.17) is 4.74 Å². The maximum atomic E-state index is 11.9. The summed E-state index contributed by atoms with van der Waals surface area (Å²) < 4.78 is 5.44. The quantitative estimate of drug-likeness (QED) is 0.763. The number of rotatable bonds is 2. The molecular weight excluding hydrogens is 200 g/mol. The van der Waals surface area contributed by atoms with E-state index in [1.165, 1.54) is 5.56 Å². The lowest BCUT2D eigenvalue weighted by Gasteiger charge is -2.16. The lowest BCUT2D eigenvalue weighted by atomic mass is 9.87. The molecule has 1 aliphatic heterocycles. The molecule has 1 aliphatic rings. The molecule has 0 atom stereocenters. The van der Waals surface area contributed by atoms with E-state index in [9.17, 15) is 4.79 Å². The molecule has 0 spiro atoms. The van der Waals surface area contributed by atoms with E-state index in [2.05, 4.69) is 6.07 Å². The summed E-state index contributed by atoms with van der Waals surface area (Å²) in [5, 5.41) is 0. The van der Waals surface area contributed by atoms with Crippen molar-refractivity contribution in [1.82, 2.24) is 0 Å². The van der Waals surface area contributed by atoms with E-state index in [0.29, 0.717) is 6.42 Å². The van der Waals surface area contributed by atoms with Crippen LogP contribution in [0, 0.1) is 5.41 Å². The predicted molar refractivity (Wildman–Crippen MR) is 63.8 cm³/mol. The van der Waals surface area contributed by atoms with Gasteiger partial charge in [0, 0.05) is 18.3 Å².